The van der Waals surface area contributed by atoms with Gasteiger partial charge in [-0.2, -0.15) is 0 Å². The Morgan fingerprint density at radius 3 is 2.58 bits per heavy atom. The van der Waals surface area contributed by atoms with Crippen LogP contribution in [0, 0.1) is 0 Å². The van der Waals surface area contributed by atoms with Crippen molar-refractivity contribution >= 4 is 5.91 Å². The third kappa shape index (κ3) is 2.91. The molecule has 0 fully saturated rings. The highest BCUT2D eigenvalue weighted by Gasteiger charge is 2.24. The van der Waals surface area contributed by atoms with Crippen LogP contribution in [0.25, 0.3) is 22.5 Å². The minimum absolute atomic E-state index is 0.0941. The Morgan fingerprint density at radius 2 is 1.81 bits per heavy atom. The van der Waals surface area contributed by atoms with Gasteiger partial charge in [-0.15, -0.1) is 0 Å². The summed E-state index contributed by atoms with van der Waals surface area (Å²) in [5.74, 6) is 1.00. The van der Waals surface area contributed by atoms with Gasteiger partial charge in [0.15, 0.2) is 0 Å². The summed E-state index contributed by atoms with van der Waals surface area (Å²) < 4.78 is 2.06. The number of aryl methyl sites for hydroxylation is 1. The molecule has 2 aromatic carbocycles. The van der Waals surface area contributed by atoms with E-state index in [1.54, 1.807) is 11.1 Å². The predicted octanol–water partition coefficient (Wildman–Crippen LogP) is 3.19. The zero-order valence-corrected chi connectivity index (χ0v) is 14.7. The Balaban J connectivity index is 1.60. The van der Waals surface area contributed by atoms with Crippen molar-refractivity contribution < 1.29 is 9.90 Å². The maximum Gasteiger partial charge on any atom is 0.254 e. The molecule has 1 aromatic heterocycles. The van der Waals surface area contributed by atoms with Gasteiger partial charge >= 0.3 is 0 Å². The fourth-order valence-corrected chi connectivity index (χ4v) is 3.45. The molecule has 1 N–H and O–H groups in total. The lowest BCUT2D eigenvalue weighted by molar-refractivity contribution is 0.0816. The smallest absolute Gasteiger partial charge is 0.254 e. The zero-order chi connectivity index (χ0) is 18.1. The van der Waals surface area contributed by atoms with Crippen molar-refractivity contribution in [2.75, 3.05) is 13.7 Å². The SMILES string of the molecule is CN1Cc2cc(-c3ccc(-c4nccn4CCCO)cc3)ccc2C1=O. The average molecular weight is 347 g/mol. The summed E-state index contributed by atoms with van der Waals surface area (Å²) in [7, 11) is 1.83. The first kappa shape index (κ1) is 16.5. The van der Waals surface area contributed by atoms with Crippen LogP contribution >= 0.6 is 0 Å². The maximum absolute atomic E-state index is 12.0. The number of aromatic nitrogens is 2. The molecule has 1 amide bonds. The average Bonchev–Trinajstić information content (AvgIpc) is 3.24. The normalized spacial score (nSPS) is 13.3. The summed E-state index contributed by atoms with van der Waals surface area (Å²) in [6.07, 6.45) is 4.44. The number of aliphatic hydroxyl groups is 1. The van der Waals surface area contributed by atoms with Crippen LogP contribution in [-0.2, 0) is 13.1 Å². The summed E-state index contributed by atoms with van der Waals surface area (Å²) in [5.41, 5.74) is 5.17. The van der Waals surface area contributed by atoms with Crippen molar-refractivity contribution in [2.24, 2.45) is 0 Å². The lowest BCUT2D eigenvalue weighted by Gasteiger charge is -2.09. The molecule has 3 aromatic rings. The molecule has 1 aliphatic rings. The highest BCUT2D eigenvalue weighted by molar-refractivity contribution is 5.98. The van der Waals surface area contributed by atoms with Gasteiger partial charge in [0.1, 0.15) is 5.82 Å². The second kappa shape index (κ2) is 6.77. The van der Waals surface area contributed by atoms with Crippen LogP contribution in [-0.4, -0.2) is 39.1 Å². The van der Waals surface area contributed by atoms with Gasteiger partial charge in [0, 0.05) is 50.3 Å². The number of benzene rings is 2. The summed E-state index contributed by atoms with van der Waals surface area (Å²) in [5, 5.41) is 9.03. The highest BCUT2D eigenvalue weighted by Crippen LogP contribution is 2.29. The summed E-state index contributed by atoms with van der Waals surface area (Å²) >= 11 is 0. The van der Waals surface area contributed by atoms with Gasteiger partial charge in [-0.25, -0.2) is 4.98 Å². The van der Waals surface area contributed by atoms with E-state index in [0.29, 0.717) is 13.0 Å². The van der Waals surface area contributed by atoms with Gasteiger partial charge in [0.2, 0.25) is 0 Å². The summed E-state index contributed by atoms with van der Waals surface area (Å²) in [6.45, 7) is 1.59. The number of fused-ring (bicyclic) bond motifs is 1. The Bertz CT molecular complexity index is 944. The molecule has 0 atom stereocenters. The minimum Gasteiger partial charge on any atom is -0.396 e. The first-order chi connectivity index (χ1) is 12.7. The van der Waals surface area contributed by atoms with Crippen LogP contribution in [0.4, 0.5) is 0 Å². The molecule has 2 heterocycles. The van der Waals surface area contributed by atoms with Crippen molar-refractivity contribution in [1.82, 2.24) is 14.5 Å². The Labute approximate surface area is 152 Å². The topological polar surface area (TPSA) is 58.4 Å². The van der Waals surface area contributed by atoms with E-state index in [1.165, 1.54) is 0 Å². The van der Waals surface area contributed by atoms with Crippen molar-refractivity contribution in [3.05, 3.63) is 66.0 Å². The van der Waals surface area contributed by atoms with E-state index in [4.69, 9.17) is 5.11 Å². The fourth-order valence-electron chi connectivity index (χ4n) is 3.45. The van der Waals surface area contributed by atoms with Gasteiger partial charge in [-0.1, -0.05) is 30.3 Å². The van der Waals surface area contributed by atoms with Crippen LogP contribution in [0.5, 0.6) is 0 Å². The van der Waals surface area contributed by atoms with E-state index < -0.39 is 0 Å². The number of aliphatic hydroxyl groups excluding tert-OH is 1. The standard InChI is InChI=1S/C21H21N3O2/c1-23-14-18-13-17(7-8-19(18)21(23)26)15-3-5-16(6-4-15)20-22-9-11-24(20)10-2-12-25/h3-9,11,13,25H,2,10,12,14H2,1H3. The second-order valence-corrected chi connectivity index (χ2v) is 6.63. The minimum atomic E-state index is 0.0941. The van der Waals surface area contributed by atoms with Gasteiger partial charge in [0.25, 0.3) is 5.91 Å². The first-order valence-corrected chi connectivity index (χ1v) is 8.78. The molecule has 0 unspecified atom stereocenters. The van der Waals surface area contributed by atoms with Crippen molar-refractivity contribution in [3.63, 3.8) is 0 Å². The molecule has 0 saturated carbocycles. The summed E-state index contributed by atoms with van der Waals surface area (Å²) in [4.78, 5) is 18.2. The number of hydrogen-bond acceptors (Lipinski definition) is 3. The molecule has 5 nitrogen and oxygen atoms in total. The van der Waals surface area contributed by atoms with E-state index in [9.17, 15) is 4.79 Å². The zero-order valence-electron chi connectivity index (χ0n) is 14.7. The Morgan fingerprint density at radius 1 is 1.08 bits per heavy atom. The van der Waals surface area contributed by atoms with Crippen LogP contribution in [0.15, 0.2) is 54.9 Å². The number of amides is 1. The number of imidazole rings is 1. The number of hydrogen-bond donors (Lipinski definition) is 1. The molecule has 1 aliphatic heterocycles. The molecule has 0 spiro atoms. The van der Waals surface area contributed by atoms with Crippen LogP contribution in [0.3, 0.4) is 0 Å². The molecule has 4 rings (SSSR count). The van der Waals surface area contributed by atoms with Crippen LogP contribution in [0.2, 0.25) is 0 Å². The van der Waals surface area contributed by atoms with E-state index in [1.807, 2.05) is 25.4 Å². The summed E-state index contributed by atoms with van der Waals surface area (Å²) in [6, 6.07) is 14.3. The van der Waals surface area contributed by atoms with Crippen LogP contribution < -0.4 is 0 Å². The third-order valence-electron chi connectivity index (χ3n) is 4.84. The van der Waals surface area contributed by atoms with E-state index in [2.05, 4.69) is 39.9 Å². The van der Waals surface area contributed by atoms with E-state index in [-0.39, 0.29) is 12.5 Å². The molecule has 132 valence electrons. The van der Waals surface area contributed by atoms with E-state index in [0.717, 1.165) is 40.2 Å². The van der Waals surface area contributed by atoms with Gasteiger partial charge in [-0.05, 0) is 35.2 Å². The predicted molar refractivity (Wildman–Crippen MR) is 101 cm³/mol. The van der Waals surface area contributed by atoms with Gasteiger partial charge < -0.3 is 14.6 Å². The van der Waals surface area contributed by atoms with Gasteiger partial charge in [0.05, 0.1) is 0 Å². The largest absolute Gasteiger partial charge is 0.396 e. The molecule has 5 heteroatoms. The number of rotatable bonds is 5. The maximum atomic E-state index is 12.0. The molecule has 26 heavy (non-hydrogen) atoms. The molecule has 0 saturated heterocycles. The highest BCUT2D eigenvalue weighted by atomic mass is 16.3. The van der Waals surface area contributed by atoms with Crippen molar-refractivity contribution in [2.45, 2.75) is 19.5 Å². The Kier molecular flexibility index (Phi) is 4.31. The molecule has 0 aliphatic carbocycles. The molecular weight excluding hydrogens is 326 g/mol. The molecule has 0 bridgehead atoms. The monoisotopic (exact) mass is 347 g/mol. The molecular formula is C21H21N3O2. The number of carbonyl (C=O) groups excluding carboxylic acids is 1. The Hall–Kier alpha value is -2.92. The van der Waals surface area contributed by atoms with Crippen molar-refractivity contribution in [1.29, 1.82) is 0 Å². The fraction of sp³-hybridized carbons (Fsp3) is 0.238. The lowest BCUT2D eigenvalue weighted by atomic mass is 9.99. The number of carbonyl (C=O) groups is 1. The van der Waals surface area contributed by atoms with E-state index >= 15 is 0 Å². The molecule has 0 radical (unpaired) electrons. The lowest BCUT2D eigenvalue weighted by Crippen LogP contribution is -2.17. The second-order valence-electron chi connectivity index (χ2n) is 6.63. The van der Waals surface area contributed by atoms with Crippen LogP contribution in [0.1, 0.15) is 22.3 Å². The van der Waals surface area contributed by atoms with Gasteiger partial charge in [-0.3, -0.25) is 4.79 Å². The third-order valence-corrected chi connectivity index (χ3v) is 4.84. The number of nitrogens with zero attached hydrogens (tertiary/aromatic N) is 3. The quantitative estimate of drug-likeness (QED) is 0.771. The van der Waals surface area contributed by atoms with Crippen molar-refractivity contribution in [3.8, 4) is 22.5 Å². The first-order valence-electron chi connectivity index (χ1n) is 8.78.